The second-order valence-corrected chi connectivity index (χ2v) is 4.44. The Morgan fingerprint density at radius 1 is 1.50 bits per heavy atom. The maximum absolute atomic E-state index is 11.0. The van der Waals surface area contributed by atoms with Crippen LogP contribution in [0.2, 0.25) is 0 Å². The Hall–Kier alpha value is -2.61. The van der Waals surface area contributed by atoms with Crippen LogP contribution in [-0.2, 0) is 0 Å². The van der Waals surface area contributed by atoms with Crippen LogP contribution in [0, 0.1) is 22.5 Å². The summed E-state index contributed by atoms with van der Waals surface area (Å²) in [4.78, 5) is 14.9. The molecule has 2 rings (SSSR count). The van der Waals surface area contributed by atoms with Crippen LogP contribution in [0.4, 0.5) is 11.4 Å². The van der Waals surface area contributed by atoms with Gasteiger partial charge < -0.3 is 5.32 Å². The second-order valence-electron chi connectivity index (χ2n) is 4.44. The normalized spacial score (nSPS) is 11.8. The van der Waals surface area contributed by atoms with Crippen LogP contribution < -0.4 is 5.32 Å². The highest BCUT2D eigenvalue weighted by molar-refractivity contribution is 5.96. The van der Waals surface area contributed by atoms with E-state index in [0.717, 1.165) is 18.5 Å². The van der Waals surface area contributed by atoms with Gasteiger partial charge in [0.15, 0.2) is 0 Å². The Bertz CT molecular complexity index is 676. The van der Waals surface area contributed by atoms with Crippen molar-refractivity contribution in [1.82, 2.24) is 4.98 Å². The van der Waals surface area contributed by atoms with E-state index in [4.69, 9.17) is 6.42 Å². The Morgan fingerprint density at radius 3 is 2.95 bits per heavy atom. The molecule has 0 aliphatic rings. The quantitative estimate of drug-likeness (QED) is 0.513. The number of hydrogen-bond donors (Lipinski definition) is 1. The van der Waals surface area contributed by atoms with E-state index in [-0.39, 0.29) is 11.7 Å². The van der Waals surface area contributed by atoms with Crippen LogP contribution in [0.3, 0.4) is 0 Å². The van der Waals surface area contributed by atoms with Gasteiger partial charge in [-0.3, -0.25) is 15.1 Å². The van der Waals surface area contributed by atoms with Gasteiger partial charge in [0.05, 0.1) is 22.0 Å². The monoisotopic (exact) mass is 269 g/mol. The summed E-state index contributed by atoms with van der Waals surface area (Å²) in [5, 5.41) is 14.8. The Balaban J connectivity index is 2.48. The van der Waals surface area contributed by atoms with Crippen molar-refractivity contribution in [3.05, 3.63) is 40.6 Å². The fourth-order valence-corrected chi connectivity index (χ4v) is 2.11. The average molecular weight is 269 g/mol. The van der Waals surface area contributed by atoms with Gasteiger partial charge in [-0.05, 0) is 24.6 Å². The van der Waals surface area contributed by atoms with Crippen LogP contribution in [0.25, 0.3) is 10.9 Å². The third kappa shape index (κ3) is 2.69. The molecule has 2 aromatic rings. The first kappa shape index (κ1) is 13.8. The molecule has 0 radical (unpaired) electrons. The van der Waals surface area contributed by atoms with Crippen molar-refractivity contribution in [2.24, 2.45) is 0 Å². The first-order chi connectivity index (χ1) is 9.67. The average Bonchev–Trinajstić information content (AvgIpc) is 2.46. The van der Waals surface area contributed by atoms with E-state index in [1.54, 1.807) is 24.4 Å². The molecule has 0 aliphatic heterocycles. The minimum Gasteiger partial charge on any atom is -0.370 e. The number of non-ortho nitro benzene ring substituents is 1. The van der Waals surface area contributed by atoms with Gasteiger partial charge in [0.1, 0.15) is 5.52 Å². The Morgan fingerprint density at radius 2 is 2.30 bits per heavy atom. The van der Waals surface area contributed by atoms with E-state index < -0.39 is 4.92 Å². The molecule has 1 N–H and O–H groups in total. The molecule has 20 heavy (non-hydrogen) atoms. The number of nitrogens with zero attached hydrogens (tertiary/aromatic N) is 2. The summed E-state index contributed by atoms with van der Waals surface area (Å²) < 4.78 is 0. The minimum absolute atomic E-state index is 0.0476. The number of hydrogen-bond acceptors (Lipinski definition) is 4. The summed E-state index contributed by atoms with van der Waals surface area (Å²) >= 11 is 0. The molecule has 1 aromatic carbocycles. The fourth-order valence-electron chi connectivity index (χ4n) is 2.11. The van der Waals surface area contributed by atoms with Crippen molar-refractivity contribution < 1.29 is 4.92 Å². The number of pyridine rings is 1. The molecule has 102 valence electrons. The molecule has 0 spiro atoms. The number of benzene rings is 1. The van der Waals surface area contributed by atoms with Gasteiger partial charge in [-0.25, -0.2) is 0 Å². The Kier molecular flexibility index (Phi) is 4.16. The van der Waals surface area contributed by atoms with Gasteiger partial charge in [-0.1, -0.05) is 19.3 Å². The van der Waals surface area contributed by atoms with Gasteiger partial charge in [-0.2, -0.15) is 0 Å². The van der Waals surface area contributed by atoms with Crippen LogP contribution in [0.15, 0.2) is 30.5 Å². The summed E-state index contributed by atoms with van der Waals surface area (Å²) in [7, 11) is 0. The minimum atomic E-state index is -0.404. The summed E-state index contributed by atoms with van der Waals surface area (Å²) in [5.74, 6) is 2.68. The van der Waals surface area contributed by atoms with Gasteiger partial charge in [-0.15, -0.1) is 6.42 Å². The molecule has 1 atom stereocenters. The highest BCUT2D eigenvalue weighted by atomic mass is 16.6. The van der Waals surface area contributed by atoms with E-state index in [2.05, 4.69) is 23.1 Å². The van der Waals surface area contributed by atoms with Crippen molar-refractivity contribution in [3.8, 4) is 12.3 Å². The SMILES string of the molecule is C#CC(CCC)Nc1ccc([N+](=O)[O-])c2cccnc12. The molecule has 0 aliphatic carbocycles. The van der Waals surface area contributed by atoms with Crippen molar-refractivity contribution in [2.75, 3.05) is 5.32 Å². The number of aromatic nitrogens is 1. The predicted molar refractivity (Wildman–Crippen MR) is 79.5 cm³/mol. The van der Waals surface area contributed by atoms with Crippen LogP contribution in [0.1, 0.15) is 19.8 Å². The van der Waals surface area contributed by atoms with Gasteiger partial charge in [0.25, 0.3) is 5.69 Å². The van der Waals surface area contributed by atoms with E-state index in [1.807, 2.05) is 0 Å². The van der Waals surface area contributed by atoms with Crippen molar-refractivity contribution in [1.29, 1.82) is 0 Å². The molecule has 0 saturated carbocycles. The second kappa shape index (κ2) is 6.02. The number of nitro groups is 1. The lowest BCUT2D eigenvalue weighted by molar-refractivity contribution is -0.383. The highest BCUT2D eigenvalue weighted by Crippen LogP contribution is 2.30. The predicted octanol–water partition coefficient (Wildman–Crippen LogP) is 3.36. The first-order valence-electron chi connectivity index (χ1n) is 6.42. The molecule has 1 aromatic heterocycles. The zero-order valence-electron chi connectivity index (χ0n) is 11.2. The molecule has 5 nitrogen and oxygen atoms in total. The number of nitrogens with one attached hydrogen (secondary N) is 1. The first-order valence-corrected chi connectivity index (χ1v) is 6.42. The van der Waals surface area contributed by atoms with Crippen molar-refractivity contribution in [2.45, 2.75) is 25.8 Å². The molecular formula is C15H15N3O2. The zero-order valence-corrected chi connectivity index (χ0v) is 11.2. The third-order valence-corrected chi connectivity index (χ3v) is 3.05. The molecule has 1 heterocycles. The summed E-state index contributed by atoms with van der Waals surface area (Å²) in [6.07, 6.45) is 8.89. The van der Waals surface area contributed by atoms with E-state index in [0.29, 0.717) is 10.9 Å². The van der Waals surface area contributed by atoms with E-state index in [1.165, 1.54) is 6.07 Å². The highest BCUT2D eigenvalue weighted by Gasteiger charge is 2.16. The van der Waals surface area contributed by atoms with E-state index >= 15 is 0 Å². The Labute approximate surface area is 117 Å². The molecule has 5 heteroatoms. The molecule has 0 bridgehead atoms. The molecule has 1 unspecified atom stereocenters. The molecule has 0 amide bonds. The van der Waals surface area contributed by atoms with E-state index in [9.17, 15) is 10.1 Å². The number of terminal acetylenes is 1. The maximum Gasteiger partial charge on any atom is 0.278 e. The van der Waals surface area contributed by atoms with Crippen molar-refractivity contribution >= 4 is 22.3 Å². The summed E-state index contributed by atoms with van der Waals surface area (Å²) in [6, 6.07) is 6.41. The van der Waals surface area contributed by atoms with Crippen LogP contribution in [0.5, 0.6) is 0 Å². The van der Waals surface area contributed by atoms with Crippen LogP contribution >= 0.6 is 0 Å². The summed E-state index contributed by atoms with van der Waals surface area (Å²) in [5.41, 5.74) is 1.34. The van der Waals surface area contributed by atoms with Gasteiger partial charge in [0.2, 0.25) is 0 Å². The smallest absolute Gasteiger partial charge is 0.278 e. The van der Waals surface area contributed by atoms with Gasteiger partial charge in [0, 0.05) is 12.3 Å². The molecule has 0 fully saturated rings. The number of anilines is 1. The third-order valence-electron chi connectivity index (χ3n) is 3.05. The zero-order chi connectivity index (χ0) is 14.5. The molecular weight excluding hydrogens is 254 g/mol. The molecule has 0 saturated heterocycles. The lowest BCUT2D eigenvalue weighted by Gasteiger charge is -2.14. The lowest BCUT2D eigenvalue weighted by Crippen LogP contribution is -2.17. The lowest BCUT2D eigenvalue weighted by atomic mass is 10.1. The topological polar surface area (TPSA) is 68.1 Å². The largest absolute Gasteiger partial charge is 0.370 e. The fraction of sp³-hybridized carbons (Fsp3) is 0.267. The number of fused-ring (bicyclic) bond motifs is 1. The van der Waals surface area contributed by atoms with Crippen LogP contribution in [-0.4, -0.2) is 15.9 Å². The standard InChI is InChI=1S/C15H15N3O2/c1-3-6-11(4-2)17-13-8-9-14(18(19)20)12-7-5-10-16-15(12)13/h2,5,7-11,17H,3,6H2,1H3. The number of nitro benzene ring substituents is 1. The number of rotatable bonds is 5. The maximum atomic E-state index is 11.0. The van der Waals surface area contributed by atoms with Gasteiger partial charge >= 0.3 is 0 Å². The van der Waals surface area contributed by atoms with Crippen molar-refractivity contribution in [3.63, 3.8) is 0 Å². The summed E-state index contributed by atoms with van der Waals surface area (Å²) in [6.45, 7) is 2.05.